The largest absolute Gasteiger partial charge is 0.394 e. The molecule has 0 saturated heterocycles. The smallest absolute Gasteiger partial charge is 0.233 e. The first-order chi connectivity index (χ1) is 14.7. The fourth-order valence-corrected chi connectivity index (χ4v) is 5.36. The molecule has 1 heterocycles. The molecule has 0 aliphatic heterocycles. The molecule has 2 aromatic rings. The predicted octanol–water partition coefficient (Wildman–Crippen LogP) is 2.60. The maximum atomic E-state index is 13.2. The van der Waals surface area contributed by atoms with Crippen LogP contribution in [0.2, 0.25) is 5.02 Å². The minimum atomic E-state index is -3.46. The van der Waals surface area contributed by atoms with E-state index in [1.165, 1.54) is 10.7 Å². The normalized spacial score (nSPS) is 16.9. The third-order valence-electron chi connectivity index (χ3n) is 5.62. The number of hydrogen-bond acceptors (Lipinski definition) is 6. The summed E-state index contributed by atoms with van der Waals surface area (Å²) in [5.41, 5.74) is 0.664. The summed E-state index contributed by atoms with van der Waals surface area (Å²) >= 11 is 6.23. The number of aromatic nitrogens is 2. The summed E-state index contributed by atoms with van der Waals surface area (Å²) in [4.78, 5) is 13.2. The molecule has 0 spiro atoms. The summed E-state index contributed by atoms with van der Waals surface area (Å²) < 4.78 is 25.2. The Balaban J connectivity index is 1.81. The lowest BCUT2D eigenvalue weighted by atomic mass is 9.87. The van der Waals surface area contributed by atoms with Crippen LogP contribution in [-0.2, 0) is 21.2 Å². The highest BCUT2D eigenvalue weighted by molar-refractivity contribution is 7.90. The number of aliphatic hydroxyl groups is 2. The van der Waals surface area contributed by atoms with E-state index in [-0.39, 0.29) is 29.0 Å². The van der Waals surface area contributed by atoms with Crippen molar-refractivity contribution in [3.63, 3.8) is 0 Å². The van der Waals surface area contributed by atoms with Gasteiger partial charge in [0.05, 0.1) is 35.1 Å². The maximum Gasteiger partial charge on any atom is 0.233 e. The van der Waals surface area contributed by atoms with Gasteiger partial charge in [-0.3, -0.25) is 9.48 Å². The monoisotopic (exact) mass is 469 g/mol. The van der Waals surface area contributed by atoms with Crippen LogP contribution in [0.5, 0.6) is 0 Å². The quantitative estimate of drug-likeness (QED) is 0.519. The van der Waals surface area contributed by atoms with Gasteiger partial charge in [0.25, 0.3) is 0 Å². The number of rotatable bonds is 9. The first kappa shape index (κ1) is 23.7. The molecule has 170 valence electrons. The van der Waals surface area contributed by atoms with E-state index in [2.05, 4.69) is 10.4 Å². The summed E-state index contributed by atoms with van der Waals surface area (Å²) in [5.74, 6) is 0.0113. The van der Waals surface area contributed by atoms with Gasteiger partial charge >= 0.3 is 0 Å². The molecule has 1 saturated carbocycles. The summed E-state index contributed by atoms with van der Waals surface area (Å²) in [5, 5.41) is 25.7. The van der Waals surface area contributed by atoms with Crippen LogP contribution in [0, 0.1) is 5.92 Å². The average molecular weight is 470 g/mol. The van der Waals surface area contributed by atoms with E-state index in [4.69, 9.17) is 16.7 Å². The van der Waals surface area contributed by atoms with Crippen molar-refractivity contribution in [1.29, 1.82) is 0 Å². The molecule has 0 radical (unpaired) electrons. The van der Waals surface area contributed by atoms with Crippen LogP contribution in [0.4, 0.5) is 5.82 Å². The zero-order valence-corrected chi connectivity index (χ0v) is 18.9. The standard InChI is InChI=1S/C21H28ClN3O5S/c1-31(29,30)19-7-6-15(11-18(19)22)17(10-14-4-2-3-5-14)21(28)23-20-8-9-25(24-20)12-16(27)13-26/h6-9,11,14,16-17,26-27H,2-5,10,12-13H2,1H3,(H,23,24,28)/t16-,17?/m1/s1. The molecule has 1 aliphatic rings. The number of sulfone groups is 1. The Hall–Kier alpha value is -1.94. The molecule has 2 atom stereocenters. The van der Waals surface area contributed by atoms with Gasteiger partial charge in [-0.05, 0) is 30.0 Å². The molecule has 1 aromatic carbocycles. The molecule has 1 aliphatic carbocycles. The number of anilines is 1. The molecule has 3 rings (SSSR count). The van der Waals surface area contributed by atoms with E-state index in [1.54, 1.807) is 24.4 Å². The van der Waals surface area contributed by atoms with Crippen molar-refractivity contribution < 1.29 is 23.4 Å². The van der Waals surface area contributed by atoms with Gasteiger partial charge in [0.1, 0.15) is 0 Å². The highest BCUT2D eigenvalue weighted by atomic mass is 35.5. The number of nitrogens with one attached hydrogen (secondary N) is 1. The van der Waals surface area contributed by atoms with Crippen molar-refractivity contribution in [2.24, 2.45) is 5.92 Å². The Morgan fingerprint density at radius 3 is 2.65 bits per heavy atom. The van der Waals surface area contributed by atoms with E-state index < -0.39 is 21.9 Å². The SMILES string of the molecule is CS(=O)(=O)c1ccc(C(CC2CCCC2)C(=O)Nc2ccn(C[C@@H](O)CO)n2)cc1Cl. The average Bonchev–Trinajstić information content (AvgIpc) is 3.36. The van der Waals surface area contributed by atoms with Gasteiger partial charge in [0.15, 0.2) is 15.7 Å². The Morgan fingerprint density at radius 1 is 1.32 bits per heavy atom. The summed E-state index contributed by atoms with van der Waals surface area (Å²) in [6, 6.07) is 6.28. The van der Waals surface area contributed by atoms with E-state index in [1.807, 2.05) is 0 Å². The molecule has 1 unspecified atom stereocenters. The molecule has 0 bridgehead atoms. The highest BCUT2D eigenvalue weighted by Gasteiger charge is 2.28. The third-order valence-corrected chi connectivity index (χ3v) is 7.20. The number of halogens is 1. The Labute approximate surface area is 187 Å². The number of hydrogen-bond donors (Lipinski definition) is 3. The van der Waals surface area contributed by atoms with E-state index in [0.717, 1.165) is 31.9 Å². The summed E-state index contributed by atoms with van der Waals surface area (Å²) in [7, 11) is -3.46. The number of nitrogens with zero attached hydrogens (tertiary/aromatic N) is 2. The van der Waals surface area contributed by atoms with Crippen LogP contribution in [-0.4, -0.2) is 53.3 Å². The fourth-order valence-electron chi connectivity index (χ4n) is 4.03. The second-order valence-electron chi connectivity index (χ2n) is 8.15. The zero-order chi connectivity index (χ0) is 22.6. The summed E-state index contributed by atoms with van der Waals surface area (Å²) in [6.45, 7) is -0.268. The van der Waals surface area contributed by atoms with Crippen molar-refractivity contribution >= 4 is 33.2 Å². The Bertz CT molecular complexity index is 1020. The second kappa shape index (κ2) is 10.1. The van der Waals surface area contributed by atoms with Crippen LogP contribution >= 0.6 is 11.6 Å². The van der Waals surface area contributed by atoms with E-state index in [9.17, 15) is 18.3 Å². The van der Waals surface area contributed by atoms with Crippen LogP contribution in [0.3, 0.4) is 0 Å². The predicted molar refractivity (Wildman–Crippen MR) is 118 cm³/mol. The van der Waals surface area contributed by atoms with Crippen molar-refractivity contribution in [2.45, 2.75) is 55.6 Å². The third kappa shape index (κ3) is 6.29. The van der Waals surface area contributed by atoms with Gasteiger partial charge in [-0.2, -0.15) is 5.10 Å². The molecule has 1 aromatic heterocycles. The maximum absolute atomic E-state index is 13.2. The minimum absolute atomic E-state index is 0.0409. The molecule has 1 fully saturated rings. The lowest BCUT2D eigenvalue weighted by Gasteiger charge is -2.21. The molecular formula is C21H28ClN3O5S. The van der Waals surface area contributed by atoms with Crippen molar-refractivity contribution in [3.05, 3.63) is 41.0 Å². The Morgan fingerprint density at radius 2 is 2.03 bits per heavy atom. The van der Waals surface area contributed by atoms with Gasteiger partial charge in [0, 0.05) is 18.5 Å². The van der Waals surface area contributed by atoms with Gasteiger partial charge in [0.2, 0.25) is 5.91 Å². The van der Waals surface area contributed by atoms with E-state index >= 15 is 0 Å². The van der Waals surface area contributed by atoms with Crippen molar-refractivity contribution in [2.75, 3.05) is 18.2 Å². The number of carbonyl (C=O) groups excluding carboxylic acids is 1. The number of benzene rings is 1. The molecule has 3 N–H and O–H groups in total. The zero-order valence-electron chi connectivity index (χ0n) is 17.4. The molecule has 1 amide bonds. The van der Waals surface area contributed by atoms with Crippen molar-refractivity contribution in [1.82, 2.24) is 9.78 Å². The van der Waals surface area contributed by atoms with E-state index in [0.29, 0.717) is 23.7 Å². The lowest BCUT2D eigenvalue weighted by Crippen LogP contribution is -2.24. The molecular weight excluding hydrogens is 442 g/mol. The molecule has 31 heavy (non-hydrogen) atoms. The topological polar surface area (TPSA) is 122 Å². The number of carbonyl (C=O) groups is 1. The highest BCUT2D eigenvalue weighted by Crippen LogP contribution is 2.36. The van der Waals surface area contributed by atoms with Crippen LogP contribution in [0.25, 0.3) is 0 Å². The first-order valence-electron chi connectivity index (χ1n) is 10.3. The number of aliphatic hydroxyl groups excluding tert-OH is 2. The van der Waals surface area contributed by atoms with Crippen LogP contribution in [0.15, 0.2) is 35.4 Å². The molecule has 8 nitrogen and oxygen atoms in total. The van der Waals surface area contributed by atoms with Gasteiger partial charge in [-0.15, -0.1) is 0 Å². The first-order valence-corrected chi connectivity index (χ1v) is 12.6. The Kier molecular flexibility index (Phi) is 7.74. The number of amides is 1. The minimum Gasteiger partial charge on any atom is -0.394 e. The molecule has 10 heteroatoms. The van der Waals surface area contributed by atoms with Gasteiger partial charge in [-0.25, -0.2) is 8.42 Å². The summed E-state index contributed by atoms with van der Waals surface area (Å²) in [6.07, 6.45) is 6.83. The van der Waals surface area contributed by atoms with Gasteiger partial charge in [-0.1, -0.05) is 43.4 Å². The lowest BCUT2D eigenvalue weighted by molar-refractivity contribution is -0.118. The fraction of sp³-hybridized carbons (Fsp3) is 0.524. The van der Waals surface area contributed by atoms with Crippen LogP contribution in [0.1, 0.15) is 43.6 Å². The second-order valence-corrected chi connectivity index (χ2v) is 10.5. The van der Waals surface area contributed by atoms with Gasteiger partial charge < -0.3 is 15.5 Å². The van der Waals surface area contributed by atoms with Crippen molar-refractivity contribution in [3.8, 4) is 0 Å². The van der Waals surface area contributed by atoms with Crippen LogP contribution < -0.4 is 5.32 Å².